The summed E-state index contributed by atoms with van der Waals surface area (Å²) in [6.45, 7) is 2.10. The molecule has 23 heavy (non-hydrogen) atoms. The highest BCUT2D eigenvalue weighted by atomic mass is 35.5. The van der Waals surface area contributed by atoms with Gasteiger partial charge in [-0.05, 0) is 30.3 Å². The van der Waals surface area contributed by atoms with E-state index in [1.54, 1.807) is 19.1 Å². The van der Waals surface area contributed by atoms with Crippen molar-refractivity contribution in [1.82, 2.24) is 4.31 Å². The molecule has 2 N–H and O–H groups in total. The van der Waals surface area contributed by atoms with Crippen LogP contribution in [-0.2, 0) is 26.6 Å². The lowest BCUT2D eigenvalue weighted by Gasteiger charge is -2.20. The Kier molecular flexibility index (Phi) is 5.49. The summed E-state index contributed by atoms with van der Waals surface area (Å²) in [5, 5.41) is 5.05. The van der Waals surface area contributed by atoms with Gasteiger partial charge in [0, 0.05) is 18.0 Å². The number of hydrogen-bond acceptors (Lipinski definition) is 5. The molecule has 2 aromatic rings. The van der Waals surface area contributed by atoms with Gasteiger partial charge in [0.05, 0.1) is 14.1 Å². The second kappa shape index (κ2) is 6.88. The Labute approximate surface area is 144 Å². The SMILES string of the molecule is CCN(Cc1ccc(Cl)s1)S(=O)(=O)c1cccc(S(N)(=O)=O)c1. The molecule has 0 fully saturated rings. The normalized spacial score (nSPS) is 12.7. The molecule has 0 saturated heterocycles. The lowest BCUT2D eigenvalue weighted by Crippen LogP contribution is -2.30. The number of primary sulfonamides is 1. The Hall–Kier alpha value is -0.970. The van der Waals surface area contributed by atoms with Crippen molar-refractivity contribution in [2.24, 2.45) is 5.14 Å². The maximum atomic E-state index is 12.7. The standard InChI is InChI=1S/C13H15ClN2O4S3/c1-2-16(9-10-6-7-13(14)21-10)23(19,20)12-5-3-4-11(8-12)22(15,17)18/h3-8H,2,9H2,1H3,(H2,15,17,18). The molecule has 0 bridgehead atoms. The van der Waals surface area contributed by atoms with Crippen molar-refractivity contribution in [3.8, 4) is 0 Å². The first-order valence-electron chi connectivity index (χ1n) is 6.52. The van der Waals surface area contributed by atoms with E-state index in [1.807, 2.05) is 0 Å². The van der Waals surface area contributed by atoms with Crippen LogP contribution in [0.15, 0.2) is 46.2 Å². The number of benzene rings is 1. The van der Waals surface area contributed by atoms with Gasteiger partial charge in [0.25, 0.3) is 0 Å². The van der Waals surface area contributed by atoms with E-state index < -0.39 is 20.0 Å². The van der Waals surface area contributed by atoms with Crippen molar-refractivity contribution in [3.63, 3.8) is 0 Å². The molecule has 0 aliphatic rings. The Morgan fingerprint density at radius 1 is 1.13 bits per heavy atom. The Morgan fingerprint density at radius 2 is 1.78 bits per heavy atom. The van der Waals surface area contributed by atoms with Crippen LogP contribution in [0.25, 0.3) is 0 Å². The van der Waals surface area contributed by atoms with Crippen molar-refractivity contribution in [1.29, 1.82) is 0 Å². The summed E-state index contributed by atoms with van der Waals surface area (Å²) >= 11 is 7.15. The molecule has 2 rings (SSSR count). The van der Waals surface area contributed by atoms with E-state index >= 15 is 0 Å². The third kappa shape index (κ3) is 4.31. The van der Waals surface area contributed by atoms with E-state index in [1.165, 1.54) is 33.8 Å². The number of thiophene rings is 1. The van der Waals surface area contributed by atoms with Crippen molar-refractivity contribution >= 4 is 43.0 Å². The zero-order valence-electron chi connectivity index (χ0n) is 12.1. The molecule has 0 aliphatic heterocycles. The van der Waals surface area contributed by atoms with Crippen molar-refractivity contribution in [2.75, 3.05) is 6.54 Å². The first kappa shape index (κ1) is 18.4. The zero-order chi connectivity index (χ0) is 17.3. The minimum absolute atomic E-state index is 0.117. The first-order chi connectivity index (χ1) is 10.6. The van der Waals surface area contributed by atoms with Crippen LogP contribution < -0.4 is 5.14 Å². The van der Waals surface area contributed by atoms with Crippen LogP contribution in [0.4, 0.5) is 0 Å². The second-order valence-electron chi connectivity index (χ2n) is 4.66. The smallest absolute Gasteiger partial charge is 0.225 e. The molecule has 0 saturated carbocycles. The first-order valence-corrected chi connectivity index (χ1v) is 10.7. The van der Waals surface area contributed by atoms with Gasteiger partial charge in [-0.1, -0.05) is 24.6 Å². The van der Waals surface area contributed by atoms with Crippen molar-refractivity contribution in [2.45, 2.75) is 23.3 Å². The van der Waals surface area contributed by atoms with Crippen LogP contribution in [0.1, 0.15) is 11.8 Å². The van der Waals surface area contributed by atoms with E-state index in [9.17, 15) is 16.8 Å². The molecule has 1 aromatic heterocycles. The Bertz CT molecular complexity index is 907. The molecule has 126 valence electrons. The molecule has 0 atom stereocenters. The number of nitrogens with zero attached hydrogens (tertiary/aromatic N) is 1. The third-order valence-electron chi connectivity index (χ3n) is 3.09. The highest BCUT2D eigenvalue weighted by Gasteiger charge is 2.25. The highest BCUT2D eigenvalue weighted by molar-refractivity contribution is 7.90. The van der Waals surface area contributed by atoms with Gasteiger partial charge in [-0.15, -0.1) is 11.3 Å². The van der Waals surface area contributed by atoms with Crippen molar-refractivity contribution in [3.05, 3.63) is 45.6 Å². The Balaban J connectivity index is 2.39. The van der Waals surface area contributed by atoms with Crippen molar-refractivity contribution < 1.29 is 16.8 Å². The molecular weight excluding hydrogens is 380 g/mol. The molecule has 0 amide bonds. The van der Waals surface area contributed by atoms with E-state index in [4.69, 9.17) is 16.7 Å². The zero-order valence-corrected chi connectivity index (χ0v) is 15.3. The van der Waals surface area contributed by atoms with Gasteiger partial charge >= 0.3 is 0 Å². The van der Waals surface area contributed by atoms with Gasteiger partial charge in [0.2, 0.25) is 20.0 Å². The quantitative estimate of drug-likeness (QED) is 0.812. The molecule has 10 heteroatoms. The molecule has 0 unspecified atom stereocenters. The molecule has 0 aliphatic carbocycles. The van der Waals surface area contributed by atoms with Gasteiger partial charge in [0.15, 0.2) is 0 Å². The largest absolute Gasteiger partial charge is 0.243 e. The second-order valence-corrected chi connectivity index (χ2v) is 9.96. The average molecular weight is 395 g/mol. The monoisotopic (exact) mass is 394 g/mol. The summed E-state index contributed by atoms with van der Waals surface area (Å²) in [5.41, 5.74) is 0. The fourth-order valence-electron chi connectivity index (χ4n) is 1.94. The number of rotatable bonds is 6. The summed E-state index contributed by atoms with van der Waals surface area (Å²) in [6, 6.07) is 8.46. The molecular formula is C13H15ClN2O4S3. The molecule has 0 radical (unpaired) electrons. The summed E-state index contributed by atoms with van der Waals surface area (Å²) in [7, 11) is -7.82. The minimum Gasteiger partial charge on any atom is -0.225 e. The Morgan fingerprint density at radius 3 is 2.30 bits per heavy atom. The van der Waals surface area contributed by atoms with Gasteiger partial charge < -0.3 is 0 Å². The predicted molar refractivity (Wildman–Crippen MR) is 90.4 cm³/mol. The lowest BCUT2D eigenvalue weighted by atomic mass is 10.4. The summed E-state index contributed by atoms with van der Waals surface area (Å²) in [5.74, 6) is 0. The van der Waals surface area contributed by atoms with E-state index in [0.29, 0.717) is 4.34 Å². The maximum Gasteiger partial charge on any atom is 0.243 e. The summed E-state index contributed by atoms with van der Waals surface area (Å²) in [6.07, 6.45) is 0. The van der Waals surface area contributed by atoms with Crippen LogP contribution in [0, 0.1) is 0 Å². The highest BCUT2D eigenvalue weighted by Crippen LogP contribution is 2.26. The van der Waals surface area contributed by atoms with E-state index in [-0.39, 0.29) is 22.9 Å². The van der Waals surface area contributed by atoms with Gasteiger partial charge in [-0.3, -0.25) is 0 Å². The summed E-state index contributed by atoms with van der Waals surface area (Å²) in [4.78, 5) is 0.436. The van der Waals surface area contributed by atoms with Crippen LogP contribution in [-0.4, -0.2) is 27.7 Å². The molecule has 1 aromatic carbocycles. The van der Waals surface area contributed by atoms with Crippen LogP contribution in [0.2, 0.25) is 4.34 Å². The van der Waals surface area contributed by atoms with E-state index in [0.717, 1.165) is 10.9 Å². The average Bonchev–Trinajstić information content (AvgIpc) is 2.89. The van der Waals surface area contributed by atoms with Crippen LogP contribution in [0.3, 0.4) is 0 Å². The molecule has 6 nitrogen and oxygen atoms in total. The van der Waals surface area contributed by atoms with Crippen LogP contribution >= 0.6 is 22.9 Å². The lowest BCUT2D eigenvalue weighted by molar-refractivity contribution is 0.426. The van der Waals surface area contributed by atoms with Crippen LogP contribution in [0.5, 0.6) is 0 Å². The number of halogens is 1. The maximum absolute atomic E-state index is 12.7. The number of sulfonamides is 2. The predicted octanol–water partition coefficient (Wildman–Crippen LogP) is 2.26. The number of hydrogen-bond donors (Lipinski definition) is 1. The minimum atomic E-state index is -3.97. The summed E-state index contributed by atoms with van der Waals surface area (Å²) < 4.78 is 50.1. The molecule has 1 heterocycles. The van der Waals surface area contributed by atoms with Gasteiger partial charge in [-0.25, -0.2) is 22.0 Å². The number of nitrogens with two attached hydrogens (primary N) is 1. The molecule has 0 spiro atoms. The third-order valence-corrected chi connectivity index (χ3v) is 7.13. The fourth-order valence-corrected chi connectivity index (χ4v) is 5.23. The fraction of sp³-hybridized carbons (Fsp3) is 0.231. The van der Waals surface area contributed by atoms with Gasteiger partial charge in [-0.2, -0.15) is 4.31 Å². The van der Waals surface area contributed by atoms with Gasteiger partial charge in [0.1, 0.15) is 0 Å². The topological polar surface area (TPSA) is 97.5 Å². The van der Waals surface area contributed by atoms with E-state index in [2.05, 4.69) is 0 Å².